The summed E-state index contributed by atoms with van der Waals surface area (Å²) >= 11 is 0. The summed E-state index contributed by atoms with van der Waals surface area (Å²) < 4.78 is 0. The van der Waals surface area contributed by atoms with Gasteiger partial charge >= 0.3 is 29.8 Å². The van der Waals surface area contributed by atoms with Crippen LogP contribution >= 0.6 is 0 Å². The highest BCUT2D eigenvalue weighted by Gasteiger charge is 2.13. The molecular weight excluding hydrogens is 480 g/mol. The molecule has 0 spiro atoms. The fraction of sp³-hybridized carbons (Fsp3) is 0.579. The molecule has 0 aromatic rings. The molecule has 0 amide bonds. The minimum atomic E-state index is -1.58. The number of aliphatic carboxylic acids is 5. The second-order valence-electron chi connectivity index (χ2n) is 6.19. The molecule has 0 aromatic carbocycles. The average Bonchev–Trinajstić information content (AvgIpc) is 2.78. The lowest BCUT2D eigenvalue weighted by Crippen LogP contribution is -2.30. The molecule has 10 N–H and O–H groups in total. The van der Waals surface area contributed by atoms with E-state index in [4.69, 9.17) is 42.1 Å². The van der Waals surface area contributed by atoms with Gasteiger partial charge in [-0.1, -0.05) is 0 Å². The van der Waals surface area contributed by atoms with Crippen LogP contribution in [0, 0.1) is 0 Å². The summed E-state index contributed by atoms with van der Waals surface area (Å²) in [6, 6.07) is -1.01. The molecule has 1 unspecified atom stereocenters. The van der Waals surface area contributed by atoms with Crippen molar-refractivity contribution in [2.24, 2.45) is 11.5 Å². The SMILES string of the molecule is NC(CCC(=O)CO)C(=O)O.NCCCC(=O)O.O=C(O)CCC(=O)C(=O)O.O=CCCC(=O)O. The summed E-state index contributed by atoms with van der Waals surface area (Å²) in [5.74, 6) is -7.03. The van der Waals surface area contributed by atoms with Gasteiger partial charge < -0.3 is 46.9 Å². The molecule has 1 atom stereocenters. The number of hydrogen-bond donors (Lipinski definition) is 8. The van der Waals surface area contributed by atoms with Crippen molar-refractivity contribution in [2.75, 3.05) is 13.2 Å². The summed E-state index contributed by atoms with van der Waals surface area (Å²) in [5.41, 5.74) is 10.1. The minimum absolute atomic E-state index is 0.0178. The van der Waals surface area contributed by atoms with Crippen molar-refractivity contribution in [3.8, 4) is 0 Å². The number of carbonyl (C=O) groups excluding carboxylic acids is 3. The number of carboxylic acids is 5. The fourth-order valence-corrected chi connectivity index (χ4v) is 1.28. The molecular formula is C19H32N2O14. The van der Waals surface area contributed by atoms with Crippen LogP contribution in [0.1, 0.15) is 51.4 Å². The summed E-state index contributed by atoms with van der Waals surface area (Å²) in [6.45, 7) is -0.0847. The monoisotopic (exact) mass is 512 g/mol. The smallest absolute Gasteiger partial charge is 0.372 e. The third-order valence-electron chi connectivity index (χ3n) is 3.10. The largest absolute Gasteiger partial charge is 0.481 e. The Morgan fingerprint density at radius 3 is 1.49 bits per heavy atom. The van der Waals surface area contributed by atoms with Gasteiger partial charge in [0.15, 0.2) is 5.78 Å². The van der Waals surface area contributed by atoms with Crippen molar-refractivity contribution in [2.45, 2.75) is 57.4 Å². The highest BCUT2D eigenvalue weighted by molar-refractivity contribution is 6.32. The quantitative estimate of drug-likeness (QED) is 0.0877. The first-order valence-electron chi connectivity index (χ1n) is 9.82. The van der Waals surface area contributed by atoms with Crippen molar-refractivity contribution < 1.29 is 69.0 Å². The van der Waals surface area contributed by atoms with Gasteiger partial charge in [0.25, 0.3) is 0 Å². The second-order valence-corrected chi connectivity index (χ2v) is 6.19. The Hall–Kier alpha value is -3.76. The number of rotatable bonds is 15. The van der Waals surface area contributed by atoms with Gasteiger partial charge in [-0.15, -0.1) is 0 Å². The molecule has 0 aliphatic carbocycles. The van der Waals surface area contributed by atoms with Gasteiger partial charge in [0.2, 0.25) is 5.78 Å². The summed E-state index contributed by atoms with van der Waals surface area (Å²) in [4.78, 5) is 79.0. The van der Waals surface area contributed by atoms with Gasteiger partial charge in [-0.05, 0) is 19.4 Å². The van der Waals surface area contributed by atoms with E-state index in [0.29, 0.717) is 19.3 Å². The van der Waals surface area contributed by atoms with E-state index in [2.05, 4.69) is 0 Å². The van der Waals surface area contributed by atoms with Gasteiger partial charge in [0.05, 0.1) is 12.8 Å². The predicted octanol–water partition coefficient (Wildman–Crippen LogP) is -1.90. The van der Waals surface area contributed by atoms with Crippen LogP contribution < -0.4 is 11.5 Å². The molecule has 0 aromatic heterocycles. The lowest BCUT2D eigenvalue weighted by atomic mass is 10.1. The average molecular weight is 512 g/mol. The van der Waals surface area contributed by atoms with E-state index in [1.165, 1.54) is 0 Å². The Morgan fingerprint density at radius 1 is 0.743 bits per heavy atom. The number of hydrogen-bond acceptors (Lipinski definition) is 11. The third kappa shape index (κ3) is 41.0. The zero-order chi connectivity index (χ0) is 28.4. The summed E-state index contributed by atoms with van der Waals surface area (Å²) in [5, 5.41) is 48.3. The Morgan fingerprint density at radius 2 is 1.23 bits per heavy atom. The van der Waals surface area contributed by atoms with E-state index >= 15 is 0 Å². The van der Waals surface area contributed by atoms with Crippen molar-refractivity contribution in [1.29, 1.82) is 0 Å². The maximum atomic E-state index is 10.4. The van der Waals surface area contributed by atoms with Crippen LogP contribution in [-0.4, -0.2) is 97.5 Å². The van der Waals surface area contributed by atoms with Crippen LogP contribution in [0.25, 0.3) is 0 Å². The molecule has 0 bridgehead atoms. The molecule has 0 heterocycles. The Balaban J connectivity index is -0.000000187. The first-order chi connectivity index (χ1) is 16.2. The number of Topliss-reactive ketones (excluding diaryl/α,β-unsaturated/α-hetero) is 2. The fourth-order valence-electron chi connectivity index (χ4n) is 1.28. The van der Waals surface area contributed by atoms with E-state index < -0.39 is 61.1 Å². The van der Waals surface area contributed by atoms with E-state index in [1.54, 1.807) is 0 Å². The Labute approximate surface area is 199 Å². The maximum Gasteiger partial charge on any atom is 0.372 e. The molecule has 0 saturated carbocycles. The first kappa shape index (κ1) is 38.5. The highest BCUT2D eigenvalue weighted by Crippen LogP contribution is 1.95. The molecule has 0 aliphatic heterocycles. The van der Waals surface area contributed by atoms with Crippen LogP contribution in [0.15, 0.2) is 0 Å². The van der Waals surface area contributed by atoms with E-state index in [1.807, 2.05) is 0 Å². The van der Waals surface area contributed by atoms with Crippen LogP contribution in [-0.2, 0) is 38.4 Å². The Kier molecular flexibility index (Phi) is 29.1. The maximum absolute atomic E-state index is 10.4. The summed E-state index contributed by atoms with van der Waals surface area (Å²) in [6.07, 6.45) is 0.660. The number of nitrogens with two attached hydrogens (primary N) is 2. The zero-order valence-corrected chi connectivity index (χ0v) is 18.8. The van der Waals surface area contributed by atoms with Gasteiger partial charge in [-0.25, -0.2) is 4.79 Å². The van der Waals surface area contributed by atoms with Crippen molar-refractivity contribution in [3.05, 3.63) is 0 Å². The molecule has 0 aliphatic rings. The van der Waals surface area contributed by atoms with Crippen LogP contribution in [0.5, 0.6) is 0 Å². The second kappa shape index (κ2) is 26.5. The van der Waals surface area contributed by atoms with Crippen molar-refractivity contribution >= 4 is 47.7 Å². The van der Waals surface area contributed by atoms with E-state index in [-0.39, 0.29) is 37.9 Å². The van der Waals surface area contributed by atoms with E-state index in [9.17, 15) is 38.4 Å². The normalized spacial score (nSPS) is 9.80. The van der Waals surface area contributed by atoms with Crippen LogP contribution in [0.4, 0.5) is 0 Å². The molecule has 0 rings (SSSR count). The number of aliphatic hydroxyl groups excluding tert-OH is 1. The van der Waals surface area contributed by atoms with Gasteiger partial charge in [-0.3, -0.25) is 28.8 Å². The van der Waals surface area contributed by atoms with Crippen molar-refractivity contribution in [1.82, 2.24) is 0 Å². The number of carbonyl (C=O) groups is 8. The lowest BCUT2D eigenvalue weighted by molar-refractivity contribution is -0.150. The topological polar surface area (TPSA) is 310 Å². The molecule has 16 nitrogen and oxygen atoms in total. The van der Waals surface area contributed by atoms with Gasteiger partial charge in [0.1, 0.15) is 18.9 Å². The standard InChI is InChI=1S/C6H11NO4.C5H6O5.C4H9NO2.C4H6O3/c7-5(6(10)11)2-1-4(9)3-8;6-3(5(9)10)1-2-4(7)8;2*5-3-1-2-4(6)7/h5,8H,1-3,7H2,(H,10,11);1-2H2,(H,7,8)(H,9,10);1-3,5H2,(H,6,7);3H,1-2H2,(H,6,7). The third-order valence-corrected chi connectivity index (χ3v) is 3.10. The molecule has 35 heavy (non-hydrogen) atoms. The van der Waals surface area contributed by atoms with Crippen LogP contribution in [0.2, 0.25) is 0 Å². The molecule has 202 valence electrons. The summed E-state index contributed by atoms with van der Waals surface area (Å²) in [7, 11) is 0. The van der Waals surface area contributed by atoms with Gasteiger partial charge in [-0.2, -0.15) is 0 Å². The zero-order valence-electron chi connectivity index (χ0n) is 18.8. The minimum Gasteiger partial charge on any atom is -0.481 e. The van der Waals surface area contributed by atoms with Gasteiger partial charge in [0, 0.05) is 25.7 Å². The Bertz CT molecular complexity index is 693. The number of aldehydes is 1. The highest BCUT2D eigenvalue weighted by atomic mass is 16.4. The predicted molar refractivity (Wildman–Crippen MR) is 115 cm³/mol. The lowest BCUT2D eigenvalue weighted by Gasteiger charge is -2.03. The number of carboxylic acid groups (broad SMARTS) is 5. The first-order valence-corrected chi connectivity index (χ1v) is 9.82. The molecule has 0 radical (unpaired) electrons. The molecule has 0 fully saturated rings. The van der Waals surface area contributed by atoms with Crippen LogP contribution in [0.3, 0.4) is 0 Å². The van der Waals surface area contributed by atoms with Crippen molar-refractivity contribution in [3.63, 3.8) is 0 Å². The number of aliphatic hydroxyl groups is 1. The molecule has 16 heteroatoms. The van der Waals surface area contributed by atoms with E-state index in [0.717, 1.165) is 0 Å². The number of ketones is 2. The molecule has 0 saturated heterocycles.